The van der Waals surface area contributed by atoms with E-state index in [1.807, 2.05) is 13.0 Å². The van der Waals surface area contributed by atoms with E-state index < -0.39 is 0 Å². The quantitative estimate of drug-likeness (QED) is 0.551. The molecule has 3 amide bonds. The van der Waals surface area contributed by atoms with Gasteiger partial charge in [-0.15, -0.1) is 0 Å². The fourth-order valence-electron chi connectivity index (χ4n) is 4.12. The predicted octanol–water partition coefficient (Wildman–Crippen LogP) is -0.873. The molecule has 26 heavy (non-hydrogen) atoms. The molecule has 1 saturated carbocycles. The van der Waals surface area contributed by atoms with Crippen LogP contribution in [0.5, 0.6) is 0 Å². The summed E-state index contributed by atoms with van der Waals surface area (Å²) >= 11 is 0. The van der Waals surface area contributed by atoms with Crippen LogP contribution in [-0.2, 0) is 11.3 Å². The fourth-order valence-corrected chi connectivity index (χ4v) is 4.12. The first-order valence-corrected chi connectivity index (χ1v) is 9.95. The molecular weight excluding hydrogens is 328 g/mol. The SMILES string of the molecule is C[C@H](C(=O)NC(=O)NC1CCCC1)[NH+]1CC[NH+](Cc2ccccc2)CC1. The van der Waals surface area contributed by atoms with Gasteiger partial charge in [-0.1, -0.05) is 43.2 Å². The second-order valence-corrected chi connectivity index (χ2v) is 7.74. The first-order valence-electron chi connectivity index (χ1n) is 9.95. The highest BCUT2D eigenvalue weighted by atomic mass is 16.2. The maximum Gasteiger partial charge on any atom is 0.321 e. The van der Waals surface area contributed by atoms with Crippen LogP contribution in [0.15, 0.2) is 30.3 Å². The Labute approximate surface area is 155 Å². The van der Waals surface area contributed by atoms with E-state index in [1.165, 1.54) is 10.5 Å². The summed E-state index contributed by atoms with van der Waals surface area (Å²) in [5.74, 6) is -0.165. The van der Waals surface area contributed by atoms with Gasteiger partial charge in [0.05, 0.1) is 0 Å². The molecule has 6 nitrogen and oxygen atoms in total. The lowest BCUT2D eigenvalue weighted by molar-refractivity contribution is -1.02. The Hall–Kier alpha value is -1.92. The molecule has 0 spiro atoms. The number of nitrogens with one attached hydrogen (secondary N) is 4. The minimum atomic E-state index is -0.332. The monoisotopic (exact) mass is 360 g/mol. The molecule has 2 aliphatic rings. The number of carbonyl (C=O) groups is 2. The van der Waals surface area contributed by atoms with Gasteiger partial charge in [-0.25, -0.2) is 4.79 Å². The van der Waals surface area contributed by atoms with Crippen molar-refractivity contribution in [1.29, 1.82) is 0 Å². The molecule has 1 heterocycles. The summed E-state index contributed by atoms with van der Waals surface area (Å²) in [5.41, 5.74) is 1.36. The maximum absolute atomic E-state index is 12.4. The van der Waals surface area contributed by atoms with E-state index in [1.54, 1.807) is 4.90 Å². The van der Waals surface area contributed by atoms with Crippen LogP contribution in [0.3, 0.4) is 0 Å². The molecule has 1 aromatic carbocycles. The van der Waals surface area contributed by atoms with E-state index in [-0.39, 0.29) is 24.0 Å². The van der Waals surface area contributed by atoms with Crippen molar-refractivity contribution in [3.05, 3.63) is 35.9 Å². The highest BCUT2D eigenvalue weighted by Crippen LogP contribution is 2.17. The van der Waals surface area contributed by atoms with Gasteiger partial charge < -0.3 is 15.1 Å². The van der Waals surface area contributed by atoms with Gasteiger partial charge in [-0.05, 0) is 19.8 Å². The molecule has 1 aliphatic heterocycles. The summed E-state index contributed by atoms with van der Waals surface area (Å²) in [5, 5.41) is 5.46. The summed E-state index contributed by atoms with van der Waals surface area (Å²) < 4.78 is 0. The standard InChI is InChI=1S/C20H30N4O2/c1-16(19(25)22-20(26)21-18-9-5-6-10-18)24-13-11-23(12-14-24)15-17-7-3-2-4-8-17/h2-4,7-8,16,18H,5-6,9-15H2,1H3,(H2,21,22,25,26)/p+2/t16-/m1/s1. The molecule has 0 unspecified atom stereocenters. The topological polar surface area (TPSA) is 67.1 Å². The lowest BCUT2D eigenvalue weighted by Gasteiger charge is -2.32. The zero-order valence-electron chi connectivity index (χ0n) is 15.7. The van der Waals surface area contributed by atoms with Crippen molar-refractivity contribution in [1.82, 2.24) is 10.6 Å². The normalized spacial score (nSPS) is 24.8. The molecule has 0 bridgehead atoms. The number of rotatable bonds is 5. The third-order valence-corrected chi connectivity index (χ3v) is 5.83. The number of hydrogen-bond donors (Lipinski definition) is 4. The number of benzene rings is 1. The maximum atomic E-state index is 12.4. The van der Waals surface area contributed by atoms with E-state index in [0.29, 0.717) is 0 Å². The Kier molecular flexibility index (Phi) is 6.63. The number of imide groups is 1. The van der Waals surface area contributed by atoms with E-state index in [4.69, 9.17) is 0 Å². The Balaban J connectivity index is 1.40. The van der Waals surface area contributed by atoms with Gasteiger partial charge in [0, 0.05) is 11.6 Å². The first kappa shape index (κ1) is 18.9. The molecule has 0 radical (unpaired) electrons. The lowest BCUT2D eigenvalue weighted by Crippen LogP contribution is -3.29. The molecule has 1 saturated heterocycles. The van der Waals surface area contributed by atoms with Crippen molar-refractivity contribution in [2.45, 2.75) is 51.2 Å². The zero-order chi connectivity index (χ0) is 18.4. The Morgan fingerprint density at radius 1 is 1.08 bits per heavy atom. The molecule has 0 aromatic heterocycles. The minimum absolute atomic E-state index is 0.165. The predicted molar refractivity (Wildman–Crippen MR) is 99.9 cm³/mol. The Morgan fingerprint density at radius 2 is 1.73 bits per heavy atom. The van der Waals surface area contributed by atoms with Gasteiger partial charge in [0.1, 0.15) is 32.7 Å². The van der Waals surface area contributed by atoms with Crippen molar-refractivity contribution in [3.63, 3.8) is 0 Å². The zero-order valence-corrected chi connectivity index (χ0v) is 15.7. The van der Waals surface area contributed by atoms with Gasteiger partial charge in [-0.3, -0.25) is 10.1 Å². The van der Waals surface area contributed by atoms with Crippen LogP contribution in [0.4, 0.5) is 4.79 Å². The second-order valence-electron chi connectivity index (χ2n) is 7.74. The fraction of sp³-hybridized carbons (Fsp3) is 0.600. The van der Waals surface area contributed by atoms with E-state index in [0.717, 1.165) is 58.4 Å². The van der Waals surface area contributed by atoms with Crippen LogP contribution < -0.4 is 20.4 Å². The van der Waals surface area contributed by atoms with Crippen LogP contribution in [-0.4, -0.2) is 50.2 Å². The third kappa shape index (κ3) is 5.29. The number of amides is 3. The summed E-state index contributed by atoms with van der Waals surface area (Å²) in [4.78, 5) is 27.2. The molecule has 4 N–H and O–H groups in total. The van der Waals surface area contributed by atoms with Gasteiger partial charge in [0.15, 0.2) is 6.04 Å². The summed E-state index contributed by atoms with van der Waals surface area (Å²) in [6.07, 6.45) is 4.37. The molecular formula is C20H32N4O2+2. The highest BCUT2D eigenvalue weighted by molar-refractivity contribution is 5.96. The smallest absolute Gasteiger partial charge is 0.321 e. The largest absolute Gasteiger partial charge is 0.335 e. The molecule has 1 aliphatic carbocycles. The van der Waals surface area contributed by atoms with E-state index in [9.17, 15) is 9.59 Å². The van der Waals surface area contributed by atoms with E-state index >= 15 is 0 Å². The lowest BCUT2D eigenvalue weighted by atomic mass is 10.1. The average Bonchev–Trinajstić information content (AvgIpc) is 3.15. The van der Waals surface area contributed by atoms with Gasteiger partial charge in [0.2, 0.25) is 0 Å². The van der Waals surface area contributed by atoms with Crippen LogP contribution in [0.2, 0.25) is 0 Å². The minimum Gasteiger partial charge on any atom is -0.335 e. The van der Waals surface area contributed by atoms with Crippen molar-refractivity contribution >= 4 is 11.9 Å². The molecule has 3 rings (SSSR count). The first-order chi connectivity index (χ1) is 12.6. The number of hydrogen-bond acceptors (Lipinski definition) is 2. The summed E-state index contributed by atoms with van der Waals surface area (Å²) in [6.45, 7) is 6.99. The number of urea groups is 1. The highest BCUT2D eigenvalue weighted by Gasteiger charge is 2.32. The Bertz CT molecular complexity index is 593. The van der Waals surface area contributed by atoms with Crippen molar-refractivity contribution < 1.29 is 19.4 Å². The van der Waals surface area contributed by atoms with Crippen molar-refractivity contribution in [3.8, 4) is 0 Å². The van der Waals surface area contributed by atoms with Gasteiger partial charge in [-0.2, -0.15) is 0 Å². The van der Waals surface area contributed by atoms with Crippen LogP contribution in [0.1, 0.15) is 38.2 Å². The molecule has 6 heteroatoms. The van der Waals surface area contributed by atoms with Gasteiger partial charge >= 0.3 is 6.03 Å². The summed E-state index contributed by atoms with van der Waals surface area (Å²) in [6, 6.07) is 10.3. The van der Waals surface area contributed by atoms with Crippen LogP contribution in [0.25, 0.3) is 0 Å². The summed E-state index contributed by atoms with van der Waals surface area (Å²) in [7, 11) is 0. The molecule has 2 fully saturated rings. The number of carbonyl (C=O) groups excluding carboxylic acids is 2. The number of piperazine rings is 1. The van der Waals surface area contributed by atoms with Gasteiger partial charge in [0.25, 0.3) is 5.91 Å². The van der Waals surface area contributed by atoms with Crippen LogP contribution in [0, 0.1) is 0 Å². The van der Waals surface area contributed by atoms with E-state index in [2.05, 4.69) is 34.9 Å². The average molecular weight is 361 g/mol. The Morgan fingerprint density at radius 3 is 2.38 bits per heavy atom. The molecule has 1 aromatic rings. The molecule has 1 atom stereocenters. The third-order valence-electron chi connectivity index (χ3n) is 5.83. The van der Waals surface area contributed by atoms with Crippen molar-refractivity contribution in [2.24, 2.45) is 0 Å². The number of quaternary nitrogens is 2. The molecule has 142 valence electrons. The second kappa shape index (κ2) is 9.14. The van der Waals surface area contributed by atoms with Crippen molar-refractivity contribution in [2.75, 3.05) is 26.2 Å². The van der Waals surface area contributed by atoms with Crippen LogP contribution >= 0.6 is 0 Å².